The Morgan fingerprint density at radius 1 is 0.955 bits per heavy atom. The van der Waals surface area contributed by atoms with Gasteiger partial charge in [-0.2, -0.15) is 0 Å². The summed E-state index contributed by atoms with van der Waals surface area (Å²) in [5, 5.41) is 0. The van der Waals surface area contributed by atoms with Crippen LogP contribution in [0.4, 0.5) is 5.69 Å². The highest BCUT2D eigenvalue weighted by Crippen LogP contribution is 2.36. The second kappa shape index (κ2) is 5.57. The Hall–Kier alpha value is -0.995. The molecular formula is C18H28BNO2. The number of hydrogen-bond acceptors (Lipinski definition) is 3. The minimum Gasteiger partial charge on any atom is -0.399 e. The molecule has 0 aliphatic carbocycles. The summed E-state index contributed by atoms with van der Waals surface area (Å²) >= 11 is 0. The van der Waals surface area contributed by atoms with Crippen LogP contribution in [0.5, 0.6) is 0 Å². The molecule has 0 saturated carbocycles. The molecule has 4 heteroatoms. The van der Waals surface area contributed by atoms with Crippen LogP contribution in [0.3, 0.4) is 0 Å². The zero-order valence-corrected chi connectivity index (χ0v) is 14.6. The Balaban J connectivity index is 1.87. The van der Waals surface area contributed by atoms with E-state index in [-0.39, 0.29) is 18.3 Å². The summed E-state index contributed by atoms with van der Waals surface area (Å²) in [5.74, 6) is 0. The predicted molar refractivity (Wildman–Crippen MR) is 93.0 cm³/mol. The molecule has 22 heavy (non-hydrogen) atoms. The Morgan fingerprint density at radius 3 is 2.14 bits per heavy atom. The van der Waals surface area contributed by atoms with E-state index in [1.165, 1.54) is 30.5 Å². The molecule has 3 rings (SSSR count). The van der Waals surface area contributed by atoms with Gasteiger partial charge < -0.3 is 14.2 Å². The van der Waals surface area contributed by atoms with E-state index in [2.05, 4.69) is 57.7 Å². The van der Waals surface area contributed by atoms with Gasteiger partial charge in [-0.3, -0.25) is 0 Å². The predicted octanol–water partition coefficient (Wildman–Crippen LogP) is 3.28. The van der Waals surface area contributed by atoms with E-state index >= 15 is 0 Å². The fourth-order valence-corrected chi connectivity index (χ4v) is 3.23. The molecule has 0 bridgehead atoms. The van der Waals surface area contributed by atoms with E-state index in [1.54, 1.807) is 0 Å². The molecule has 0 atom stereocenters. The van der Waals surface area contributed by atoms with Crippen LogP contribution in [0, 0.1) is 6.92 Å². The van der Waals surface area contributed by atoms with Gasteiger partial charge in [0, 0.05) is 18.8 Å². The first kappa shape index (κ1) is 15.9. The molecule has 2 fully saturated rings. The molecule has 3 nitrogen and oxygen atoms in total. The average Bonchev–Trinajstić information content (AvgIpc) is 2.69. The summed E-state index contributed by atoms with van der Waals surface area (Å²) < 4.78 is 12.4. The van der Waals surface area contributed by atoms with Gasteiger partial charge in [-0.25, -0.2) is 0 Å². The normalized spacial score (nSPS) is 23.9. The van der Waals surface area contributed by atoms with Crippen molar-refractivity contribution >= 4 is 18.3 Å². The van der Waals surface area contributed by atoms with Crippen LogP contribution in [0.25, 0.3) is 0 Å². The smallest absolute Gasteiger partial charge is 0.399 e. The van der Waals surface area contributed by atoms with Gasteiger partial charge in [-0.1, -0.05) is 12.1 Å². The van der Waals surface area contributed by atoms with Crippen LogP contribution < -0.4 is 10.4 Å². The lowest BCUT2D eigenvalue weighted by molar-refractivity contribution is 0.00578. The number of anilines is 1. The fourth-order valence-electron chi connectivity index (χ4n) is 3.23. The SMILES string of the molecule is Cc1ccc(B2OC(C)(C)C(C)(C)O2)cc1N1CCCCC1. The monoisotopic (exact) mass is 301 g/mol. The van der Waals surface area contributed by atoms with Crippen molar-refractivity contribution in [1.82, 2.24) is 0 Å². The molecule has 0 N–H and O–H groups in total. The van der Waals surface area contributed by atoms with Crippen molar-refractivity contribution < 1.29 is 9.31 Å². The number of nitrogens with zero attached hydrogens (tertiary/aromatic N) is 1. The van der Waals surface area contributed by atoms with Crippen LogP contribution in [-0.2, 0) is 9.31 Å². The molecule has 120 valence electrons. The first-order chi connectivity index (χ1) is 10.3. The van der Waals surface area contributed by atoms with Crippen LogP contribution in [0.15, 0.2) is 18.2 Å². The molecule has 2 aliphatic heterocycles. The molecule has 2 heterocycles. The molecule has 0 spiro atoms. The minimum atomic E-state index is -0.284. The van der Waals surface area contributed by atoms with Gasteiger partial charge in [-0.15, -0.1) is 0 Å². The lowest BCUT2D eigenvalue weighted by atomic mass is 9.78. The van der Waals surface area contributed by atoms with Gasteiger partial charge in [0.05, 0.1) is 11.2 Å². The van der Waals surface area contributed by atoms with Crippen LogP contribution >= 0.6 is 0 Å². The maximum absolute atomic E-state index is 6.19. The third-order valence-electron chi connectivity index (χ3n) is 5.46. The summed E-state index contributed by atoms with van der Waals surface area (Å²) in [6.45, 7) is 12.9. The van der Waals surface area contributed by atoms with Crippen molar-refractivity contribution in [3.05, 3.63) is 23.8 Å². The largest absolute Gasteiger partial charge is 0.494 e. The van der Waals surface area contributed by atoms with E-state index in [0.29, 0.717) is 0 Å². The minimum absolute atomic E-state index is 0.269. The Labute approximate surface area is 135 Å². The highest BCUT2D eigenvalue weighted by molar-refractivity contribution is 6.62. The zero-order valence-electron chi connectivity index (χ0n) is 14.6. The number of rotatable bonds is 2. The van der Waals surface area contributed by atoms with Gasteiger partial charge in [0.1, 0.15) is 0 Å². The molecule has 0 unspecified atom stereocenters. The van der Waals surface area contributed by atoms with Gasteiger partial charge >= 0.3 is 7.12 Å². The van der Waals surface area contributed by atoms with Crippen molar-refractivity contribution in [2.45, 2.75) is 65.1 Å². The quantitative estimate of drug-likeness (QED) is 0.783. The molecule has 1 aromatic carbocycles. The molecule has 2 saturated heterocycles. The molecule has 0 aromatic heterocycles. The van der Waals surface area contributed by atoms with Crippen molar-refractivity contribution in [2.24, 2.45) is 0 Å². The van der Waals surface area contributed by atoms with Crippen molar-refractivity contribution in [3.63, 3.8) is 0 Å². The Kier molecular flexibility index (Phi) is 4.02. The van der Waals surface area contributed by atoms with E-state index in [9.17, 15) is 0 Å². The number of benzene rings is 1. The van der Waals surface area contributed by atoms with Gasteiger partial charge in [0.15, 0.2) is 0 Å². The summed E-state index contributed by atoms with van der Waals surface area (Å²) in [7, 11) is -0.269. The van der Waals surface area contributed by atoms with E-state index in [0.717, 1.165) is 18.6 Å². The Bertz CT molecular complexity index is 534. The highest BCUT2D eigenvalue weighted by Gasteiger charge is 2.51. The topological polar surface area (TPSA) is 21.7 Å². The van der Waals surface area contributed by atoms with Gasteiger partial charge in [0.2, 0.25) is 0 Å². The third kappa shape index (κ3) is 2.79. The maximum Gasteiger partial charge on any atom is 0.494 e. The second-order valence-corrected chi connectivity index (χ2v) is 7.68. The average molecular weight is 301 g/mol. The molecular weight excluding hydrogens is 273 g/mol. The van der Waals surface area contributed by atoms with E-state index < -0.39 is 0 Å². The van der Waals surface area contributed by atoms with Crippen molar-refractivity contribution in [2.75, 3.05) is 18.0 Å². The number of piperidine rings is 1. The van der Waals surface area contributed by atoms with E-state index in [1.807, 2.05) is 0 Å². The van der Waals surface area contributed by atoms with Crippen LogP contribution in [0.1, 0.15) is 52.5 Å². The van der Waals surface area contributed by atoms with Crippen molar-refractivity contribution in [1.29, 1.82) is 0 Å². The summed E-state index contributed by atoms with van der Waals surface area (Å²) in [6, 6.07) is 6.61. The lowest BCUT2D eigenvalue weighted by Crippen LogP contribution is -2.41. The zero-order chi connectivity index (χ0) is 16.0. The first-order valence-corrected chi connectivity index (χ1v) is 8.51. The standard InChI is InChI=1S/C18H28BNO2/c1-14-9-10-15(13-16(14)20-11-7-6-8-12-20)19-21-17(2,3)18(4,5)22-19/h9-10,13H,6-8,11-12H2,1-5H3. The number of hydrogen-bond donors (Lipinski definition) is 0. The second-order valence-electron chi connectivity index (χ2n) is 7.68. The molecule has 0 amide bonds. The molecule has 1 aromatic rings. The first-order valence-electron chi connectivity index (χ1n) is 8.51. The van der Waals surface area contributed by atoms with Crippen molar-refractivity contribution in [3.8, 4) is 0 Å². The summed E-state index contributed by atoms with van der Waals surface area (Å²) in [6.07, 6.45) is 3.94. The van der Waals surface area contributed by atoms with Gasteiger partial charge in [0.25, 0.3) is 0 Å². The van der Waals surface area contributed by atoms with Gasteiger partial charge in [-0.05, 0) is 71.0 Å². The number of aryl methyl sites for hydroxylation is 1. The third-order valence-corrected chi connectivity index (χ3v) is 5.46. The van der Waals surface area contributed by atoms with Crippen LogP contribution in [0.2, 0.25) is 0 Å². The van der Waals surface area contributed by atoms with E-state index in [4.69, 9.17) is 9.31 Å². The molecule has 2 aliphatic rings. The van der Waals surface area contributed by atoms with Crippen LogP contribution in [-0.4, -0.2) is 31.4 Å². The maximum atomic E-state index is 6.19. The lowest BCUT2D eigenvalue weighted by Gasteiger charge is -2.32. The molecule has 0 radical (unpaired) electrons. The summed E-state index contributed by atoms with van der Waals surface area (Å²) in [5.41, 5.74) is 3.24. The highest BCUT2D eigenvalue weighted by atomic mass is 16.7. The Morgan fingerprint density at radius 2 is 1.55 bits per heavy atom. The summed E-state index contributed by atoms with van der Waals surface area (Å²) in [4.78, 5) is 2.51. The fraction of sp³-hybridized carbons (Fsp3) is 0.667.